The fourth-order valence-electron chi connectivity index (χ4n) is 3.92. The van der Waals surface area contributed by atoms with Crippen LogP contribution >= 0.6 is 11.6 Å². The number of aryl methyl sites for hydroxylation is 2. The number of halogens is 2. The van der Waals surface area contributed by atoms with Crippen molar-refractivity contribution in [3.05, 3.63) is 75.7 Å². The molecule has 160 valence electrons. The Morgan fingerprint density at radius 3 is 2.61 bits per heavy atom. The normalized spacial score (nSPS) is 17.6. The summed E-state index contributed by atoms with van der Waals surface area (Å²) in [5.74, 6) is -1.46. The molecular formula is C22H20ClFN4O3. The van der Waals surface area contributed by atoms with Gasteiger partial charge in [0.15, 0.2) is 11.6 Å². The fraction of sp³-hybridized carbons (Fsp3) is 0.227. The van der Waals surface area contributed by atoms with Crippen LogP contribution in [0, 0.1) is 12.7 Å². The summed E-state index contributed by atoms with van der Waals surface area (Å²) in [6.45, 7) is 1.81. The number of methoxy groups -OCH3 is 1. The first kappa shape index (κ1) is 20.9. The summed E-state index contributed by atoms with van der Waals surface area (Å²) in [7, 11) is 3.09. The minimum Gasteiger partial charge on any atom is -0.494 e. The van der Waals surface area contributed by atoms with Gasteiger partial charge in [0.25, 0.3) is 5.91 Å². The monoisotopic (exact) mass is 442 g/mol. The van der Waals surface area contributed by atoms with Gasteiger partial charge in [-0.2, -0.15) is 5.10 Å². The smallest absolute Gasteiger partial charge is 0.251 e. The van der Waals surface area contributed by atoms with Crippen LogP contribution in [-0.4, -0.2) is 34.7 Å². The van der Waals surface area contributed by atoms with E-state index < -0.39 is 29.6 Å². The summed E-state index contributed by atoms with van der Waals surface area (Å²) in [6.07, 6.45) is 0. The first-order valence-corrected chi connectivity index (χ1v) is 9.92. The summed E-state index contributed by atoms with van der Waals surface area (Å²) < 4.78 is 21.1. The number of nitrogens with zero attached hydrogens (tertiary/aromatic N) is 2. The molecule has 2 atom stereocenters. The van der Waals surface area contributed by atoms with Gasteiger partial charge < -0.3 is 15.4 Å². The molecule has 4 rings (SSSR count). The third-order valence-electron chi connectivity index (χ3n) is 5.36. The van der Waals surface area contributed by atoms with Crippen molar-refractivity contribution in [3.8, 4) is 5.75 Å². The number of anilines is 1. The molecule has 2 N–H and O–H groups in total. The SMILES string of the molecule is COc1ccc([C@H]2c3c(C)nn(C)c3NC(=O)[C@H]2NC(=O)c2ccc(Cl)cc2)cc1F. The molecule has 7 nitrogen and oxygen atoms in total. The second kappa shape index (κ2) is 8.03. The van der Waals surface area contributed by atoms with Crippen LogP contribution in [0.5, 0.6) is 5.75 Å². The molecule has 31 heavy (non-hydrogen) atoms. The van der Waals surface area contributed by atoms with Crippen molar-refractivity contribution in [2.45, 2.75) is 18.9 Å². The third-order valence-corrected chi connectivity index (χ3v) is 5.62. The maximum Gasteiger partial charge on any atom is 0.251 e. The van der Waals surface area contributed by atoms with Crippen molar-refractivity contribution in [1.82, 2.24) is 15.1 Å². The Morgan fingerprint density at radius 2 is 1.97 bits per heavy atom. The first-order valence-electron chi connectivity index (χ1n) is 9.54. The maximum atomic E-state index is 14.5. The molecule has 2 amide bonds. The van der Waals surface area contributed by atoms with E-state index in [4.69, 9.17) is 16.3 Å². The van der Waals surface area contributed by atoms with E-state index in [2.05, 4.69) is 15.7 Å². The Kier molecular flexibility index (Phi) is 5.41. The average molecular weight is 443 g/mol. The van der Waals surface area contributed by atoms with Crippen LogP contribution in [0.25, 0.3) is 0 Å². The largest absolute Gasteiger partial charge is 0.494 e. The van der Waals surface area contributed by atoms with Crippen LogP contribution in [0.2, 0.25) is 5.02 Å². The van der Waals surface area contributed by atoms with Crippen LogP contribution in [0.1, 0.15) is 33.1 Å². The number of hydrogen-bond acceptors (Lipinski definition) is 4. The number of carbonyl (C=O) groups excluding carboxylic acids is 2. The van der Waals surface area contributed by atoms with Gasteiger partial charge in [0, 0.05) is 29.1 Å². The molecule has 0 aliphatic carbocycles. The van der Waals surface area contributed by atoms with Gasteiger partial charge in [0.2, 0.25) is 5.91 Å². The van der Waals surface area contributed by atoms with Crippen molar-refractivity contribution in [2.24, 2.45) is 7.05 Å². The van der Waals surface area contributed by atoms with E-state index in [9.17, 15) is 14.0 Å². The van der Waals surface area contributed by atoms with Gasteiger partial charge in [0.1, 0.15) is 11.9 Å². The molecule has 0 bridgehead atoms. The Hall–Kier alpha value is -3.39. The number of rotatable bonds is 4. The van der Waals surface area contributed by atoms with Gasteiger partial charge >= 0.3 is 0 Å². The molecular weight excluding hydrogens is 423 g/mol. The van der Waals surface area contributed by atoms with Gasteiger partial charge in [0.05, 0.1) is 12.8 Å². The molecule has 0 radical (unpaired) electrons. The Bertz CT molecular complexity index is 1180. The number of amides is 2. The number of carbonyl (C=O) groups is 2. The van der Waals surface area contributed by atoms with Crippen molar-refractivity contribution in [2.75, 3.05) is 12.4 Å². The number of ether oxygens (including phenoxy) is 1. The highest BCUT2D eigenvalue weighted by molar-refractivity contribution is 6.30. The molecule has 0 unspecified atom stereocenters. The summed E-state index contributed by atoms with van der Waals surface area (Å²) in [4.78, 5) is 25.9. The highest BCUT2D eigenvalue weighted by Gasteiger charge is 2.41. The molecule has 0 saturated carbocycles. The van der Waals surface area contributed by atoms with E-state index in [1.165, 1.54) is 19.2 Å². The van der Waals surface area contributed by atoms with E-state index in [-0.39, 0.29) is 5.75 Å². The molecule has 1 aliphatic rings. The second-order valence-electron chi connectivity index (χ2n) is 7.29. The van der Waals surface area contributed by atoms with Crippen LogP contribution in [0.4, 0.5) is 10.2 Å². The third kappa shape index (κ3) is 3.74. The maximum absolute atomic E-state index is 14.5. The standard InChI is InChI=1S/C22H20ClFN4O3/c1-11-17-18(13-6-9-16(31-3)15(24)10-13)19(22(30)26-20(17)28(2)27-11)25-21(29)12-4-7-14(23)8-5-12/h4-10,18-19H,1-3H3,(H,25,29)(H,26,30)/t18-,19-/m0/s1. The van der Waals surface area contributed by atoms with Gasteiger partial charge in [-0.05, 0) is 48.9 Å². The Balaban J connectivity index is 1.79. The zero-order valence-electron chi connectivity index (χ0n) is 17.1. The van der Waals surface area contributed by atoms with E-state index in [1.807, 2.05) is 0 Å². The predicted octanol–water partition coefficient (Wildman–Crippen LogP) is 3.41. The highest BCUT2D eigenvalue weighted by Crippen LogP contribution is 2.40. The van der Waals surface area contributed by atoms with Crippen molar-refractivity contribution >= 4 is 29.2 Å². The number of hydrogen-bond donors (Lipinski definition) is 2. The predicted molar refractivity (Wildman–Crippen MR) is 114 cm³/mol. The molecule has 2 aromatic carbocycles. The lowest BCUT2D eigenvalue weighted by Gasteiger charge is -2.32. The molecule has 2 heterocycles. The Labute approximate surface area is 183 Å². The minimum atomic E-state index is -0.980. The van der Waals surface area contributed by atoms with Crippen LogP contribution in [0.3, 0.4) is 0 Å². The van der Waals surface area contributed by atoms with Crippen LogP contribution in [0.15, 0.2) is 42.5 Å². The number of fused-ring (bicyclic) bond motifs is 1. The van der Waals surface area contributed by atoms with Gasteiger partial charge in [-0.25, -0.2) is 4.39 Å². The van der Waals surface area contributed by atoms with Gasteiger partial charge in [-0.1, -0.05) is 17.7 Å². The zero-order chi connectivity index (χ0) is 22.3. The highest BCUT2D eigenvalue weighted by atomic mass is 35.5. The first-order chi connectivity index (χ1) is 14.8. The van der Waals surface area contributed by atoms with E-state index >= 15 is 0 Å². The fourth-order valence-corrected chi connectivity index (χ4v) is 4.04. The van der Waals surface area contributed by atoms with E-state index in [0.717, 1.165) is 0 Å². The second-order valence-corrected chi connectivity index (χ2v) is 7.73. The lowest BCUT2D eigenvalue weighted by atomic mass is 9.81. The molecule has 9 heteroatoms. The van der Waals surface area contributed by atoms with E-state index in [1.54, 1.807) is 49.0 Å². The molecule has 0 saturated heterocycles. The molecule has 0 spiro atoms. The molecule has 1 aliphatic heterocycles. The minimum absolute atomic E-state index is 0.0916. The lowest BCUT2D eigenvalue weighted by Crippen LogP contribution is -2.50. The quantitative estimate of drug-likeness (QED) is 0.648. The summed E-state index contributed by atoms with van der Waals surface area (Å²) >= 11 is 5.90. The lowest BCUT2D eigenvalue weighted by molar-refractivity contribution is -0.118. The summed E-state index contributed by atoms with van der Waals surface area (Å²) in [5, 5.41) is 10.5. The van der Waals surface area contributed by atoms with Crippen molar-refractivity contribution in [3.63, 3.8) is 0 Å². The molecule has 0 fully saturated rings. The van der Waals surface area contributed by atoms with E-state index in [0.29, 0.717) is 33.2 Å². The molecule has 3 aromatic rings. The topological polar surface area (TPSA) is 85.2 Å². The van der Waals surface area contributed by atoms with Crippen LogP contribution in [-0.2, 0) is 11.8 Å². The summed E-state index contributed by atoms with van der Waals surface area (Å²) in [5.41, 5.74) is 2.26. The molecule has 1 aromatic heterocycles. The Morgan fingerprint density at radius 1 is 1.26 bits per heavy atom. The van der Waals surface area contributed by atoms with Gasteiger partial charge in [-0.3, -0.25) is 14.3 Å². The summed E-state index contributed by atoms with van der Waals surface area (Å²) in [6, 6.07) is 9.85. The van der Waals surface area contributed by atoms with Crippen molar-refractivity contribution in [1.29, 1.82) is 0 Å². The van der Waals surface area contributed by atoms with Crippen molar-refractivity contribution < 1.29 is 18.7 Å². The van der Waals surface area contributed by atoms with Crippen LogP contribution < -0.4 is 15.4 Å². The van der Waals surface area contributed by atoms with Gasteiger partial charge in [-0.15, -0.1) is 0 Å². The number of nitrogens with one attached hydrogen (secondary N) is 2. The average Bonchev–Trinajstić information content (AvgIpc) is 3.02. The number of aromatic nitrogens is 2. The zero-order valence-corrected chi connectivity index (χ0v) is 17.8. The number of benzene rings is 2.